The molecule has 0 N–H and O–H groups in total. The molecule has 60 heavy (non-hydrogen) atoms. The molecular formula is C56H36N4. The van der Waals surface area contributed by atoms with Crippen molar-refractivity contribution in [2.75, 3.05) is 0 Å². The molecule has 0 unspecified atom stereocenters. The number of fused-ring (bicyclic) bond motifs is 7. The van der Waals surface area contributed by atoms with Crippen LogP contribution in [0.5, 0.6) is 0 Å². The third-order valence-electron chi connectivity index (χ3n) is 11.9. The van der Waals surface area contributed by atoms with Crippen molar-refractivity contribution in [1.82, 2.24) is 19.1 Å². The highest BCUT2D eigenvalue weighted by Gasteiger charge is 2.21. The third kappa shape index (κ3) is 5.53. The highest BCUT2D eigenvalue weighted by Crippen LogP contribution is 2.42. The number of nitrogens with zero attached hydrogens (tertiary/aromatic N) is 4. The van der Waals surface area contributed by atoms with Gasteiger partial charge in [-0.25, -0.2) is 9.97 Å². The van der Waals surface area contributed by atoms with Gasteiger partial charge in [0, 0.05) is 49.3 Å². The van der Waals surface area contributed by atoms with Gasteiger partial charge in [-0.15, -0.1) is 0 Å². The van der Waals surface area contributed by atoms with E-state index in [1.54, 1.807) is 0 Å². The van der Waals surface area contributed by atoms with Gasteiger partial charge in [-0.1, -0.05) is 164 Å². The van der Waals surface area contributed by atoms with Gasteiger partial charge in [-0.3, -0.25) is 0 Å². The molecule has 12 rings (SSSR count). The minimum atomic E-state index is 0.699. The summed E-state index contributed by atoms with van der Waals surface area (Å²) in [5, 5.41) is 7.20. The lowest BCUT2D eigenvalue weighted by molar-refractivity contribution is 1.17. The quantitative estimate of drug-likeness (QED) is 0.169. The summed E-state index contributed by atoms with van der Waals surface area (Å²) in [6.07, 6.45) is 0. The molecule has 9 aromatic carbocycles. The SMILES string of the molecule is c1ccc(-c2cccc(-n3c4ccccc4c4cc5c6ccccc6n(-c6cc(-c7cc(-c8ccccc8)nc(-c8ccccc8)n7)cc7ccccc67)c5cc43)c2)cc1. The Morgan fingerprint density at radius 1 is 0.283 bits per heavy atom. The summed E-state index contributed by atoms with van der Waals surface area (Å²) in [4.78, 5) is 10.4. The van der Waals surface area contributed by atoms with E-state index in [1.165, 1.54) is 43.6 Å². The van der Waals surface area contributed by atoms with Gasteiger partial charge in [0.1, 0.15) is 0 Å². The predicted octanol–water partition coefficient (Wildman–Crippen LogP) is 14.5. The molecule has 0 radical (unpaired) electrons. The first kappa shape index (κ1) is 34.0. The first-order valence-electron chi connectivity index (χ1n) is 20.4. The van der Waals surface area contributed by atoms with Crippen molar-refractivity contribution in [3.8, 4) is 56.4 Å². The molecule has 4 nitrogen and oxygen atoms in total. The minimum absolute atomic E-state index is 0.699. The topological polar surface area (TPSA) is 35.6 Å². The van der Waals surface area contributed by atoms with Crippen LogP contribution in [0.4, 0.5) is 0 Å². The summed E-state index contributed by atoms with van der Waals surface area (Å²) in [7, 11) is 0. The summed E-state index contributed by atoms with van der Waals surface area (Å²) in [6, 6.07) is 78.1. The zero-order chi connectivity index (χ0) is 39.6. The molecule has 3 heterocycles. The molecule has 4 heteroatoms. The van der Waals surface area contributed by atoms with Gasteiger partial charge in [0.25, 0.3) is 0 Å². The summed E-state index contributed by atoms with van der Waals surface area (Å²) in [5.41, 5.74) is 14.1. The molecule has 0 saturated heterocycles. The lowest BCUT2D eigenvalue weighted by Gasteiger charge is -2.16. The molecule has 0 atom stereocenters. The maximum absolute atomic E-state index is 5.27. The van der Waals surface area contributed by atoms with Crippen LogP contribution in [0.1, 0.15) is 0 Å². The third-order valence-corrected chi connectivity index (χ3v) is 11.9. The Kier molecular flexibility index (Phi) is 7.82. The Morgan fingerprint density at radius 3 is 1.52 bits per heavy atom. The largest absolute Gasteiger partial charge is 0.309 e. The van der Waals surface area contributed by atoms with Crippen LogP contribution in [-0.2, 0) is 0 Å². The molecule has 0 aliphatic heterocycles. The van der Waals surface area contributed by atoms with Crippen molar-refractivity contribution in [2.24, 2.45) is 0 Å². The van der Waals surface area contributed by atoms with E-state index >= 15 is 0 Å². The average molecular weight is 765 g/mol. The van der Waals surface area contributed by atoms with E-state index in [-0.39, 0.29) is 0 Å². The monoisotopic (exact) mass is 764 g/mol. The maximum Gasteiger partial charge on any atom is 0.160 e. The lowest BCUT2D eigenvalue weighted by Crippen LogP contribution is -1.99. The van der Waals surface area contributed by atoms with Gasteiger partial charge < -0.3 is 9.13 Å². The second kappa shape index (κ2) is 13.8. The molecule has 0 aliphatic rings. The summed E-state index contributed by atoms with van der Waals surface area (Å²) in [5.74, 6) is 0.699. The second-order valence-electron chi connectivity index (χ2n) is 15.4. The van der Waals surface area contributed by atoms with Crippen LogP contribution in [0.2, 0.25) is 0 Å². The summed E-state index contributed by atoms with van der Waals surface area (Å²) < 4.78 is 4.90. The fourth-order valence-electron chi connectivity index (χ4n) is 9.12. The van der Waals surface area contributed by atoms with Crippen molar-refractivity contribution < 1.29 is 0 Å². The highest BCUT2D eigenvalue weighted by molar-refractivity contribution is 6.19. The van der Waals surface area contributed by atoms with Gasteiger partial charge in [-0.05, 0) is 71.1 Å². The van der Waals surface area contributed by atoms with Crippen LogP contribution in [0.15, 0.2) is 218 Å². The van der Waals surface area contributed by atoms with E-state index in [2.05, 4.69) is 203 Å². The van der Waals surface area contributed by atoms with Gasteiger partial charge in [0.2, 0.25) is 0 Å². The molecule has 0 bridgehead atoms. The average Bonchev–Trinajstić information content (AvgIpc) is 3.83. The Labute approximate surface area is 346 Å². The molecule has 0 aliphatic carbocycles. The zero-order valence-corrected chi connectivity index (χ0v) is 32.6. The van der Waals surface area contributed by atoms with Crippen molar-refractivity contribution in [3.63, 3.8) is 0 Å². The van der Waals surface area contributed by atoms with Crippen LogP contribution >= 0.6 is 0 Å². The van der Waals surface area contributed by atoms with E-state index < -0.39 is 0 Å². The van der Waals surface area contributed by atoms with E-state index in [0.717, 1.165) is 61.4 Å². The fourth-order valence-corrected chi connectivity index (χ4v) is 9.12. The van der Waals surface area contributed by atoms with Gasteiger partial charge in [0.15, 0.2) is 5.82 Å². The number of hydrogen-bond acceptors (Lipinski definition) is 2. The molecule has 0 saturated carbocycles. The van der Waals surface area contributed by atoms with Gasteiger partial charge >= 0.3 is 0 Å². The summed E-state index contributed by atoms with van der Waals surface area (Å²) >= 11 is 0. The standard InChI is InChI=1S/C56H36N4/c1-4-17-37(18-5-1)40-24-16-25-43(32-40)59-51-29-14-12-27-45(51)47-34-48-46-28-13-15-30-52(46)60(55(48)36-54(47)59)53-33-42(31-41-23-10-11-26-44(41)53)50-35-49(38-19-6-2-7-20-38)57-56(58-50)39-21-8-3-9-22-39/h1-36H. The normalized spacial score (nSPS) is 11.7. The van der Waals surface area contributed by atoms with Crippen LogP contribution in [0.3, 0.4) is 0 Å². The molecule has 280 valence electrons. The van der Waals surface area contributed by atoms with Gasteiger partial charge in [-0.2, -0.15) is 0 Å². The molecule has 12 aromatic rings. The number of rotatable bonds is 6. The fraction of sp³-hybridized carbons (Fsp3) is 0. The zero-order valence-electron chi connectivity index (χ0n) is 32.6. The van der Waals surface area contributed by atoms with E-state index in [1.807, 2.05) is 24.3 Å². The van der Waals surface area contributed by atoms with Gasteiger partial charge in [0.05, 0.1) is 39.1 Å². The Bertz CT molecular complexity index is 3530. The number of aromatic nitrogens is 4. The first-order valence-corrected chi connectivity index (χ1v) is 20.4. The molecule has 0 amide bonds. The van der Waals surface area contributed by atoms with Crippen LogP contribution < -0.4 is 0 Å². The Hall–Kier alpha value is -8.08. The Balaban J connectivity index is 1.14. The molecule has 0 spiro atoms. The minimum Gasteiger partial charge on any atom is -0.309 e. The number of benzene rings is 9. The number of para-hydroxylation sites is 2. The van der Waals surface area contributed by atoms with E-state index in [0.29, 0.717) is 5.82 Å². The van der Waals surface area contributed by atoms with E-state index in [4.69, 9.17) is 9.97 Å². The van der Waals surface area contributed by atoms with Crippen molar-refractivity contribution in [3.05, 3.63) is 218 Å². The van der Waals surface area contributed by atoms with Crippen LogP contribution in [0, 0.1) is 0 Å². The van der Waals surface area contributed by atoms with Crippen molar-refractivity contribution in [1.29, 1.82) is 0 Å². The molecular weight excluding hydrogens is 729 g/mol. The lowest BCUT2D eigenvalue weighted by atomic mass is 10.0. The second-order valence-corrected chi connectivity index (χ2v) is 15.4. The number of hydrogen-bond donors (Lipinski definition) is 0. The van der Waals surface area contributed by atoms with Crippen molar-refractivity contribution in [2.45, 2.75) is 0 Å². The van der Waals surface area contributed by atoms with Crippen molar-refractivity contribution >= 4 is 54.4 Å². The van der Waals surface area contributed by atoms with Crippen LogP contribution in [0.25, 0.3) is 111 Å². The molecule has 3 aromatic heterocycles. The highest BCUT2D eigenvalue weighted by atomic mass is 15.0. The Morgan fingerprint density at radius 2 is 0.817 bits per heavy atom. The van der Waals surface area contributed by atoms with Crippen LogP contribution in [-0.4, -0.2) is 19.1 Å². The van der Waals surface area contributed by atoms with E-state index in [9.17, 15) is 0 Å². The maximum atomic E-state index is 5.27. The predicted molar refractivity (Wildman–Crippen MR) is 250 cm³/mol. The summed E-state index contributed by atoms with van der Waals surface area (Å²) in [6.45, 7) is 0. The smallest absolute Gasteiger partial charge is 0.160 e. The first-order chi connectivity index (χ1) is 29.7. The molecule has 0 fully saturated rings.